The van der Waals surface area contributed by atoms with E-state index in [9.17, 15) is 9.90 Å². The number of para-hydroxylation sites is 1. The van der Waals surface area contributed by atoms with E-state index in [4.69, 9.17) is 16.3 Å². The maximum absolute atomic E-state index is 12.0. The summed E-state index contributed by atoms with van der Waals surface area (Å²) in [6.07, 6.45) is -0.133. The number of rotatable bonds is 8. The first kappa shape index (κ1) is 18.3. The maximum atomic E-state index is 12.0. The predicted molar refractivity (Wildman–Crippen MR) is 95.4 cm³/mol. The van der Waals surface area contributed by atoms with Crippen LogP contribution >= 0.6 is 11.6 Å². The Morgan fingerprint density at radius 1 is 1.21 bits per heavy atom. The lowest BCUT2D eigenvalue weighted by molar-refractivity contribution is -0.123. The van der Waals surface area contributed by atoms with Crippen molar-refractivity contribution in [3.63, 3.8) is 0 Å². The van der Waals surface area contributed by atoms with E-state index in [1.54, 1.807) is 24.3 Å². The quantitative estimate of drug-likeness (QED) is 0.768. The van der Waals surface area contributed by atoms with Gasteiger partial charge in [-0.15, -0.1) is 0 Å². The van der Waals surface area contributed by atoms with Gasteiger partial charge < -0.3 is 15.2 Å². The van der Waals surface area contributed by atoms with Gasteiger partial charge in [0.25, 0.3) is 0 Å². The molecule has 2 rings (SSSR count). The zero-order valence-corrected chi connectivity index (χ0v) is 14.4. The molecule has 1 unspecified atom stereocenters. The molecular formula is C19H22ClNO3. The second-order valence-corrected chi connectivity index (χ2v) is 5.85. The van der Waals surface area contributed by atoms with Crippen LogP contribution < -0.4 is 10.1 Å². The monoisotopic (exact) mass is 347 g/mol. The number of aliphatic hydroxyl groups excluding tert-OH is 1. The van der Waals surface area contributed by atoms with Crippen molar-refractivity contribution in [1.29, 1.82) is 0 Å². The molecule has 1 atom stereocenters. The molecule has 0 aromatic heterocycles. The molecular weight excluding hydrogens is 326 g/mol. The standard InChI is InChI=1S/C19H22ClNO3/c1-2-24-18-6-4-3-5-15(18)11-12-21-19(23)13-17(22)14-7-9-16(20)10-8-14/h3-10,17,22H,2,11-13H2,1H3,(H,21,23). The Bertz CT molecular complexity index is 658. The normalized spacial score (nSPS) is 11.8. The zero-order chi connectivity index (χ0) is 17.4. The number of hydrogen-bond acceptors (Lipinski definition) is 3. The molecule has 5 heteroatoms. The van der Waals surface area contributed by atoms with Crippen molar-refractivity contribution in [2.45, 2.75) is 25.9 Å². The minimum Gasteiger partial charge on any atom is -0.494 e. The Hall–Kier alpha value is -2.04. The van der Waals surface area contributed by atoms with Crippen molar-refractivity contribution in [2.75, 3.05) is 13.2 Å². The molecule has 0 saturated heterocycles. The molecule has 0 spiro atoms. The number of aliphatic hydroxyl groups is 1. The first-order valence-corrected chi connectivity index (χ1v) is 8.39. The molecule has 2 N–H and O–H groups in total. The van der Waals surface area contributed by atoms with Gasteiger partial charge in [-0.2, -0.15) is 0 Å². The lowest BCUT2D eigenvalue weighted by atomic mass is 10.1. The van der Waals surface area contributed by atoms with Crippen molar-refractivity contribution in [3.8, 4) is 5.75 Å². The number of carbonyl (C=O) groups excluding carboxylic acids is 1. The SMILES string of the molecule is CCOc1ccccc1CCNC(=O)CC(O)c1ccc(Cl)cc1. The Morgan fingerprint density at radius 3 is 2.62 bits per heavy atom. The predicted octanol–water partition coefficient (Wildman–Crippen LogP) is 3.52. The maximum Gasteiger partial charge on any atom is 0.222 e. The zero-order valence-electron chi connectivity index (χ0n) is 13.7. The summed E-state index contributed by atoms with van der Waals surface area (Å²) in [5.41, 5.74) is 1.73. The van der Waals surface area contributed by atoms with Crippen LogP contribution in [0.15, 0.2) is 48.5 Å². The molecule has 2 aromatic rings. The molecule has 0 saturated carbocycles. The Morgan fingerprint density at radius 2 is 1.92 bits per heavy atom. The number of carbonyl (C=O) groups is 1. The van der Waals surface area contributed by atoms with Gasteiger partial charge >= 0.3 is 0 Å². The summed E-state index contributed by atoms with van der Waals surface area (Å²) in [5, 5.41) is 13.5. The van der Waals surface area contributed by atoms with Crippen LogP contribution in [0.1, 0.15) is 30.6 Å². The Labute approximate surface area is 147 Å². The Kier molecular flexibility index (Phi) is 7.09. The number of hydrogen-bond donors (Lipinski definition) is 2. The molecule has 0 radical (unpaired) electrons. The van der Waals surface area contributed by atoms with Gasteiger partial charge in [-0.25, -0.2) is 0 Å². The highest BCUT2D eigenvalue weighted by molar-refractivity contribution is 6.30. The van der Waals surface area contributed by atoms with E-state index in [2.05, 4.69) is 5.32 Å². The number of ether oxygens (including phenoxy) is 1. The molecule has 128 valence electrons. The van der Waals surface area contributed by atoms with Crippen LogP contribution in [-0.4, -0.2) is 24.2 Å². The summed E-state index contributed by atoms with van der Waals surface area (Å²) in [6, 6.07) is 14.6. The van der Waals surface area contributed by atoms with Gasteiger partial charge in [0.15, 0.2) is 0 Å². The van der Waals surface area contributed by atoms with Gasteiger partial charge in [-0.05, 0) is 42.7 Å². The molecule has 0 aliphatic heterocycles. The molecule has 0 aliphatic rings. The number of amides is 1. The smallest absolute Gasteiger partial charge is 0.222 e. The van der Waals surface area contributed by atoms with E-state index >= 15 is 0 Å². The minimum absolute atomic E-state index is 0.0226. The van der Waals surface area contributed by atoms with Crippen LogP contribution in [0.5, 0.6) is 5.75 Å². The molecule has 1 amide bonds. The van der Waals surface area contributed by atoms with Crippen molar-refractivity contribution in [2.24, 2.45) is 0 Å². The van der Waals surface area contributed by atoms with Crippen LogP contribution in [-0.2, 0) is 11.2 Å². The van der Waals surface area contributed by atoms with E-state index in [1.807, 2.05) is 31.2 Å². The van der Waals surface area contributed by atoms with E-state index in [0.717, 1.165) is 11.3 Å². The van der Waals surface area contributed by atoms with Crippen LogP contribution in [0.3, 0.4) is 0 Å². The number of halogens is 1. The van der Waals surface area contributed by atoms with E-state index < -0.39 is 6.10 Å². The summed E-state index contributed by atoms with van der Waals surface area (Å²) in [7, 11) is 0. The second kappa shape index (κ2) is 9.30. The van der Waals surface area contributed by atoms with Crippen molar-refractivity contribution < 1.29 is 14.6 Å². The van der Waals surface area contributed by atoms with Crippen molar-refractivity contribution in [3.05, 3.63) is 64.7 Å². The van der Waals surface area contributed by atoms with Crippen LogP contribution in [0.2, 0.25) is 5.02 Å². The van der Waals surface area contributed by atoms with E-state index in [1.165, 1.54) is 0 Å². The first-order valence-electron chi connectivity index (χ1n) is 8.01. The summed E-state index contributed by atoms with van der Waals surface area (Å²) < 4.78 is 5.56. The molecule has 0 fully saturated rings. The molecule has 2 aromatic carbocycles. The number of nitrogens with one attached hydrogen (secondary N) is 1. The topological polar surface area (TPSA) is 58.6 Å². The third-order valence-corrected chi connectivity index (χ3v) is 3.87. The van der Waals surface area contributed by atoms with Gasteiger partial charge in [0.2, 0.25) is 5.91 Å². The van der Waals surface area contributed by atoms with Gasteiger partial charge in [0.05, 0.1) is 19.1 Å². The lowest BCUT2D eigenvalue weighted by Gasteiger charge is -2.13. The fraction of sp³-hybridized carbons (Fsp3) is 0.316. The number of benzene rings is 2. The third kappa shape index (κ3) is 5.55. The van der Waals surface area contributed by atoms with Crippen LogP contribution in [0.4, 0.5) is 0 Å². The third-order valence-electron chi connectivity index (χ3n) is 3.62. The van der Waals surface area contributed by atoms with Gasteiger partial charge in [-0.3, -0.25) is 4.79 Å². The average molecular weight is 348 g/mol. The highest BCUT2D eigenvalue weighted by Crippen LogP contribution is 2.20. The van der Waals surface area contributed by atoms with E-state index in [-0.39, 0.29) is 12.3 Å². The lowest BCUT2D eigenvalue weighted by Crippen LogP contribution is -2.27. The van der Waals surface area contributed by atoms with Gasteiger partial charge in [0.1, 0.15) is 5.75 Å². The van der Waals surface area contributed by atoms with Crippen LogP contribution in [0.25, 0.3) is 0 Å². The summed E-state index contributed by atoms with van der Waals surface area (Å²) in [5.74, 6) is 0.654. The fourth-order valence-corrected chi connectivity index (χ4v) is 2.52. The molecule has 0 bridgehead atoms. The van der Waals surface area contributed by atoms with Crippen molar-refractivity contribution in [1.82, 2.24) is 5.32 Å². The molecule has 0 aliphatic carbocycles. The largest absolute Gasteiger partial charge is 0.494 e. The highest BCUT2D eigenvalue weighted by Gasteiger charge is 2.13. The van der Waals surface area contributed by atoms with Crippen molar-refractivity contribution >= 4 is 17.5 Å². The second-order valence-electron chi connectivity index (χ2n) is 5.41. The molecule has 24 heavy (non-hydrogen) atoms. The first-order chi connectivity index (χ1) is 11.6. The average Bonchev–Trinajstić information content (AvgIpc) is 2.57. The minimum atomic E-state index is -0.835. The van der Waals surface area contributed by atoms with Gasteiger partial charge in [0, 0.05) is 11.6 Å². The van der Waals surface area contributed by atoms with Gasteiger partial charge in [-0.1, -0.05) is 41.9 Å². The van der Waals surface area contributed by atoms with E-state index in [0.29, 0.717) is 30.2 Å². The molecule has 0 heterocycles. The molecule has 4 nitrogen and oxygen atoms in total. The Balaban J connectivity index is 1.80. The summed E-state index contributed by atoms with van der Waals surface area (Å²) >= 11 is 5.81. The van der Waals surface area contributed by atoms with Crippen LogP contribution in [0, 0.1) is 0 Å². The fourth-order valence-electron chi connectivity index (χ4n) is 2.39. The summed E-state index contributed by atoms with van der Waals surface area (Å²) in [6.45, 7) is 3.05. The summed E-state index contributed by atoms with van der Waals surface area (Å²) in [4.78, 5) is 12.0. The highest BCUT2D eigenvalue weighted by atomic mass is 35.5.